The minimum Gasteiger partial charge on any atom is -0.312 e. The van der Waals surface area contributed by atoms with E-state index in [2.05, 4.69) is 38.3 Å². The summed E-state index contributed by atoms with van der Waals surface area (Å²) >= 11 is 5.31. The smallest absolute Gasteiger partial charge is 0.0701 e. The van der Waals surface area contributed by atoms with Gasteiger partial charge in [-0.2, -0.15) is 0 Å². The molecular weight excluding hydrogens is 296 g/mol. The van der Waals surface area contributed by atoms with Crippen LogP contribution in [-0.4, -0.2) is 31.1 Å². The topological polar surface area (TPSA) is 15.3 Å². The van der Waals surface area contributed by atoms with Crippen LogP contribution in [0.5, 0.6) is 0 Å². The summed E-state index contributed by atoms with van der Waals surface area (Å²) in [5, 5.41) is 3.52. The molecule has 0 atom stereocenters. The summed E-state index contributed by atoms with van der Waals surface area (Å²) in [5.74, 6) is 0. The summed E-state index contributed by atoms with van der Waals surface area (Å²) in [6.45, 7) is 6.04. The highest BCUT2D eigenvalue weighted by Gasteiger charge is 2.08. The molecule has 0 radical (unpaired) electrons. The van der Waals surface area contributed by atoms with Crippen molar-refractivity contribution in [1.82, 2.24) is 10.2 Å². The predicted octanol–water partition coefficient (Wildman–Crippen LogP) is 3.48. The molecule has 1 aliphatic rings. The van der Waals surface area contributed by atoms with E-state index in [0.29, 0.717) is 0 Å². The summed E-state index contributed by atoms with van der Waals surface area (Å²) in [6, 6.07) is 4.31. The quantitative estimate of drug-likeness (QED) is 0.808. The van der Waals surface area contributed by atoms with E-state index in [4.69, 9.17) is 0 Å². The van der Waals surface area contributed by atoms with E-state index in [1.54, 1.807) is 0 Å². The Balaban J connectivity index is 1.51. The highest BCUT2D eigenvalue weighted by molar-refractivity contribution is 9.11. The van der Waals surface area contributed by atoms with E-state index in [-0.39, 0.29) is 0 Å². The Morgan fingerprint density at radius 1 is 1.24 bits per heavy atom. The van der Waals surface area contributed by atoms with Gasteiger partial charge in [-0.1, -0.05) is 6.42 Å². The monoisotopic (exact) mass is 316 g/mol. The summed E-state index contributed by atoms with van der Waals surface area (Å²) in [5.41, 5.74) is 0. The average molecular weight is 317 g/mol. The molecule has 0 saturated carbocycles. The van der Waals surface area contributed by atoms with E-state index < -0.39 is 0 Å². The zero-order chi connectivity index (χ0) is 11.9. The van der Waals surface area contributed by atoms with Crippen molar-refractivity contribution in [2.45, 2.75) is 32.2 Å². The molecule has 2 rings (SSSR count). The van der Waals surface area contributed by atoms with Gasteiger partial charge in [0.25, 0.3) is 0 Å². The van der Waals surface area contributed by atoms with Crippen LogP contribution < -0.4 is 5.32 Å². The number of nitrogens with one attached hydrogen (secondary N) is 1. The zero-order valence-corrected chi connectivity index (χ0v) is 12.7. The lowest BCUT2D eigenvalue weighted by Crippen LogP contribution is -2.32. The van der Waals surface area contributed by atoms with Crippen LogP contribution in [0.15, 0.2) is 15.9 Å². The zero-order valence-electron chi connectivity index (χ0n) is 10.3. The molecule has 0 unspecified atom stereocenters. The number of piperidine rings is 1. The van der Waals surface area contributed by atoms with Gasteiger partial charge in [0.1, 0.15) is 0 Å². The van der Waals surface area contributed by atoms with E-state index in [1.807, 2.05) is 11.3 Å². The number of halogens is 1. The molecule has 17 heavy (non-hydrogen) atoms. The normalized spacial score (nSPS) is 17.5. The Hall–Kier alpha value is 0.1000. The summed E-state index contributed by atoms with van der Waals surface area (Å²) in [6.07, 6.45) is 5.50. The molecule has 4 heteroatoms. The van der Waals surface area contributed by atoms with Crippen LogP contribution >= 0.6 is 27.3 Å². The van der Waals surface area contributed by atoms with Crippen LogP contribution in [0.2, 0.25) is 0 Å². The number of hydrogen-bond donors (Lipinski definition) is 1. The lowest BCUT2D eigenvalue weighted by Gasteiger charge is -2.26. The molecule has 1 aliphatic heterocycles. The average Bonchev–Trinajstić information content (AvgIpc) is 2.76. The van der Waals surface area contributed by atoms with Gasteiger partial charge in [-0.25, -0.2) is 0 Å². The van der Waals surface area contributed by atoms with Gasteiger partial charge in [-0.15, -0.1) is 11.3 Å². The third-order valence-corrected chi connectivity index (χ3v) is 4.83. The van der Waals surface area contributed by atoms with Crippen molar-refractivity contribution in [3.8, 4) is 0 Å². The standard InChI is InChI=1S/C13H21BrN2S/c14-13-6-5-12(17-13)11-15-7-4-10-16-8-2-1-3-9-16/h5-6,15H,1-4,7-11H2. The van der Waals surface area contributed by atoms with Gasteiger partial charge in [0.05, 0.1) is 3.79 Å². The SMILES string of the molecule is Brc1ccc(CNCCCN2CCCCC2)s1. The third kappa shape index (κ3) is 5.08. The summed E-state index contributed by atoms with van der Waals surface area (Å²) in [7, 11) is 0. The van der Waals surface area contributed by atoms with Crippen molar-refractivity contribution in [3.63, 3.8) is 0 Å². The van der Waals surface area contributed by atoms with Crippen LogP contribution in [0.4, 0.5) is 0 Å². The lowest BCUT2D eigenvalue weighted by atomic mass is 10.1. The van der Waals surface area contributed by atoms with E-state index in [0.717, 1.165) is 13.1 Å². The van der Waals surface area contributed by atoms with E-state index >= 15 is 0 Å². The van der Waals surface area contributed by atoms with Crippen LogP contribution in [0.25, 0.3) is 0 Å². The van der Waals surface area contributed by atoms with Gasteiger partial charge in [-0.3, -0.25) is 0 Å². The summed E-state index contributed by atoms with van der Waals surface area (Å²) in [4.78, 5) is 4.02. The molecule has 0 aromatic carbocycles. The molecule has 0 spiro atoms. The van der Waals surface area contributed by atoms with Crippen LogP contribution in [-0.2, 0) is 6.54 Å². The van der Waals surface area contributed by atoms with Gasteiger partial charge in [0.2, 0.25) is 0 Å². The van der Waals surface area contributed by atoms with Crippen LogP contribution in [0, 0.1) is 0 Å². The van der Waals surface area contributed by atoms with Crippen LogP contribution in [0.1, 0.15) is 30.6 Å². The molecule has 0 aliphatic carbocycles. The van der Waals surface area contributed by atoms with E-state index in [1.165, 1.54) is 54.0 Å². The third-order valence-electron chi connectivity index (χ3n) is 3.20. The highest BCUT2D eigenvalue weighted by Crippen LogP contribution is 2.21. The fraction of sp³-hybridized carbons (Fsp3) is 0.692. The molecule has 2 nitrogen and oxygen atoms in total. The first-order valence-electron chi connectivity index (χ1n) is 6.52. The lowest BCUT2D eigenvalue weighted by molar-refractivity contribution is 0.226. The number of hydrogen-bond acceptors (Lipinski definition) is 3. The highest BCUT2D eigenvalue weighted by atomic mass is 79.9. The minimum absolute atomic E-state index is 1.01. The Labute approximate surface area is 117 Å². The molecule has 1 saturated heterocycles. The maximum atomic E-state index is 3.52. The maximum Gasteiger partial charge on any atom is 0.0701 e. The van der Waals surface area contributed by atoms with Crippen LogP contribution in [0.3, 0.4) is 0 Å². The van der Waals surface area contributed by atoms with Crippen molar-refractivity contribution in [2.24, 2.45) is 0 Å². The first-order chi connectivity index (χ1) is 8.34. The number of nitrogens with zero attached hydrogens (tertiary/aromatic N) is 1. The predicted molar refractivity (Wildman–Crippen MR) is 78.6 cm³/mol. The molecule has 0 amide bonds. The second kappa shape index (κ2) is 7.52. The molecule has 1 N–H and O–H groups in total. The van der Waals surface area contributed by atoms with Crippen molar-refractivity contribution in [2.75, 3.05) is 26.2 Å². The first kappa shape index (κ1) is 13.5. The van der Waals surface area contributed by atoms with Gasteiger partial charge >= 0.3 is 0 Å². The Morgan fingerprint density at radius 3 is 2.76 bits per heavy atom. The molecule has 1 aromatic rings. The Morgan fingerprint density at radius 2 is 2.06 bits per heavy atom. The van der Waals surface area contributed by atoms with Crippen molar-refractivity contribution < 1.29 is 0 Å². The van der Waals surface area contributed by atoms with Gasteiger partial charge in [0, 0.05) is 11.4 Å². The van der Waals surface area contributed by atoms with Crippen molar-refractivity contribution in [1.29, 1.82) is 0 Å². The molecule has 0 bridgehead atoms. The molecule has 1 fully saturated rings. The number of rotatable bonds is 6. The van der Waals surface area contributed by atoms with Crippen molar-refractivity contribution >= 4 is 27.3 Å². The molecular formula is C13H21BrN2S. The number of thiophene rings is 1. The van der Waals surface area contributed by atoms with Crippen molar-refractivity contribution in [3.05, 3.63) is 20.8 Å². The van der Waals surface area contributed by atoms with Gasteiger partial charge in [0.15, 0.2) is 0 Å². The van der Waals surface area contributed by atoms with Gasteiger partial charge < -0.3 is 10.2 Å². The second-order valence-electron chi connectivity index (χ2n) is 4.64. The summed E-state index contributed by atoms with van der Waals surface area (Å²) < 4.78 is 1.22. The Bertz CT molecular complexity index is 321. The fourth-order valence-corrected chi connectivity index (χ4v) is 3.72. The second-order valence-corrected chi connectivity index (χ2v) is 7.19. The fourth-order valence-electron chi connectivity index (χ4n) is 2.27. The number of likely N-dealkylation sites (tertiary alicyclic amines) is 1. The Kier molecular flexibility index (Phi) is 5.98. The van der Waals surface area contributed by atoms with Gasteiger partial charge in [-0.05, 0) is 73.5 Å². The largest absolute Gasteiger partial charge is 0.312 e. The molecule has 96 valence electrons. The van der Waals surface area contributed by atoms with E-state index in [9.17, 15) is 0 Å². The first-order valence-corrected chi connectivity index (χ1v) is 8.13. The maximum absolute atomic E-state index is 3.52. The minimum atomic E-state index is 1.01. The molecule has 2 heterocycles. The molecule has 1 aromatic heterocycles.